The lowest BCUT2D eigenvalue weighted by atomic mass is 9.89. The quantitative estimate of drug-likeness (QED) is 0.560. The molecule has 0 amide bonds. The summed E-state index contributed by atoms with van der Waals surface area (Å²) in [5, 5.41) is 8.69. The number of nitrogens with two attached hydrogens (primary N) is 1. The van der Waals surface area contributed by atoms with Gasteiger partial charge in [-0.05, 0) is 12.1 Å². The van der Waals surface area contributed by atoms with Crippen molar-refractivity contribution in [1.82, 2.24) is 4.98 Å². The van der Waals surface area contributed by atoms with Crippen LogP contribution >= 0.6 is 0 Å². The van der Waals surface area contributed by atoms with Crippen LogP contribution in [0.1, 0.15) is 0 Å². The highest BCUT2D eigenvalue weighted by Crippen LogP contribution is 2.14. The van der Waals surface area contributed by atoms with E-state index in [0.29, 0.717) is 16.6 Å². The summed E-state index contributed by atoms with van der Waals surface area (Å²) < 4.78 is 5.04. The number of fused-ring (bicyclic) bond motifs is 1. The van der Waals surface area contributed by atoms with Crippen molar-refractivity contribution in [2.75, 3.05) is 5.73 Å². The summed E-state index contributed by atoms with van der Waals surface area (Å²) in [6.45, 7) is 0. The number of anilines is 1. The van der Waals surface area contributed by atoms with E-state index >= 15 is 0 Å². The Bertz CT molecular complexity index is 413. The van der Waals surface area contributed by atoms with Crippen molar-refractivity contribution in [2.45, 2.75) is 0 Å². The van der Waals surface area contributed by atoms with Crippen molar-refractivity contribution in [3.05, 3.63) is 18.2 Å². The Hall–Kier alpha value is -1.49. The van der Waals surface area contributed by atoms with Gasteiger partial charge in [0.15, 0.2) is 5.58 Å². The number of rotatable bonds is 1. The van der Waals surface area contributed by atoms with Gasteiger partial charge >= 0.3 is 7.48 Å². The van der Waals surface area contributed by atoms with E-state index in [0.717, 1.165) is 7.48 Å². The molecule has 1 aromatic carbocycles. The fourth-order valence-corrected chi connectivity index (χ4v) is 1.04. The Morgan fingerprint density at radius 3 is 3.08 bits per heavy atom. The van der Waals surface area contributed by atoms with Crippen molar-refractivity contribution >= 4 is 30.1 Å². The summed E-state index contributed by atoms with van der Waals surface area (Å²) in [5.41, 5.74) is 7.28. The first-order valence-electron chi connectivity index (χ1n) is 3.43. The predicted molar refractivity (Wildman–Crippen MR) is 46.0 cm³/mol. The molecule has 12 heavy (non-hydrogen) atoms. The molecule has 0 spiro atoms. The van der Waals surface area contributed by atoms with E-state index in [9.17, 15) is 0 Å². The third-order valence-electron chi connectivity index (χ3n) is 1.58. The normalized spacial score (nSPS) is 10.4. The molecule has 2 aromatic rings. The second kappa shape index (κ2) is 2.53. The van der Waals surface area contributed by atoms with Gasteiger partial charge in [0, 0.05) is 0 Å². The molecule has 4 nitrogen and oxygen atoms in total. The fourth-order valence-electron chi connectivity index (χ4n) is 1.04. The summed E-state index contributed by atoms with van der Waals surface area (Å²) in [7, 11) is 1.00. The number of aromatic nitrogens is 1. The molecule has 59 valence electrons. The molecule has 5 heteroatoms. The van der Waals surface area contributed by atoms with Gasteiger partial charge in [-0.3, -0.25) is 0 Å². The molecule has 1 radical (unpaired) electrons. The zero-order chi connectivity index (χ0) is 8.55. The third kappa shape index (κ3) is 1.04. The monoisotopic (exact) mass is 161 g/mol. The van der Waals surface area contributed by atoms with Gasteiger partial charge in [-0.1, -0.05) is 11.5 Å². The fraction of sp³-hybridized carbons (Fsp3) is 0. The lowest BCUT2D eigenvalue weighted by Crippen LogP contribution is -2.11. The van der Waals surface area contributed by atoms with Crippen LogP contribution in [0.2, 0.25) is 0 Å². The molecule has 0 saturated carbocycles. The first kappa shape index (κ1) is 7.18. The van der Waals surface area contributed by atoms with Crippen molar-refractivity contribution < 1.29 is 9.44 Å². The van der Waals surface area contributed by atoms with E-state index in [1.807, 2.05) is 0 Å². The molecule has 1 heterocycles. The van der Waals surface area contributed by atoms with E-state index < -0.39 is 0 Å². The second-order valence-electron chi connectivity index (χ2n) is 2.41. The van der Waals surface area contributed by atoms with Crippen LogP contribution in [-0.2, 0) is 0 Å². The molecule has 0 unspecified atom stereocenters. The third-order valence-corrected chi connectivity index (χ3v) is 1.58. The van der Waals surface area contributed by atoms with Gasteiger partial charge in [0.1, 0.15) is 5.52 Å². The van der Waals surface area contributed by atoms with E-state index in [4.69, 9.17) is 15.2 Å². The van der Waals surface area contributed by atoms with Crippen molar-refractivity contribution in [1.29, 1.82) is 0 Å². The maximum absolute atomic E-state index is 8.69. The zero-order valence-electron chi connectivity index (χ0n) is 6.19. The smallest absolute Gasteiger partial charge is 0.326 e. The number of hydrogen-bond acceptors (Lipinski definition) is 4. The van der Waals surface area contributed by atoms with Crippen LogP contribution in [0.25, 0.3) is 11.1 Å². The van der Waals surface area contributed by atoms with Crippen molar-refractivity contribution in [3.8, 4) is 0 Å². The molecule has 0 aliphatic carbocycles. The minimum atomic E-state index is 0.139. The minimum Gasteiger partial charge on any atom is -0.450 e. The van der Waals surface area contributed by atoms with Gasteiger partial charge in [0.25, 0.3) is 6.01 Å². The second-order valence-corrected chi connectivity index (χ2v) is 2.41. The Morgan fingerprint density at radius 2 is 2.33 bits per heavy atom. The van der Waals surface area contributed by atoms with Crippen molar-refractivity contribution in [2.24, 2.45) is 0 Å². The Morgan fingerprint density at radius 1 is 1.50 bits per heavy atom. The van der Waals surface area contributed by atoms with Gasteiger partial charge in [0.2, 0.25) is 0 Å². The van der Waals surface area contributed by atoms with Gasteiger partial charge in [-0.25, -0.2) is 0 Å². The van der Waals surface area contributed by atoms with E-state index in [2.05, 4.69) is 4.98 Å². The molecule has 0 aliphatic rings. The van der Waals surface area contributed by atoms with Crippen LogP contribution in [0.4, 0.5) is 6.01 Å². The van der Waals surface area contributed by atoms with Crippen LogP contribution in [-0.4, -0.2) is 17.5 Å². The van der Waals surface area contributed by atoms with Crippen LogP contribution in [0.5, 0.6) is 0 Å². The molecule has 0 aliphatic heterocycles. The standard InChI is InChI=1S/C7H6BN2O2/c9-7-10-5-3-4(8-11)1-2-6(5)12-7/h1-3,11H,(H2,9,10). The first-order chi connectivity index (χ1) is 5.79. The Balaban J connectivity index is 2.66. The Labute approximate surface area is 69.3 Å². The number of hydrogen-bond donors (Lipinski definition) is 2. The molecule has 0 atom stereocenters. The molecule has 0 bridgehead atoms. The molecular formula is C7H6BN2O2. The summed E-state index contributed by atoms with van der Waals surface area (Å²) in [5.74, 6) is 0. The van der Waals surface area contributed by atoms with Gasteiger partial charge in [-0.15, -0.1) is 0 Å². The van der Waals surface area contributed by atoms with Crippen LogP contribution in [0.15, 0.2) is 22.6 Å². The summed E-state index contributed by atoms with van der Waals surface area (Å²) >= 11 is 0. The Kier molecular flexibility index (Phi) is 1.51. The number of oxazole rings is 1. The van der Waals surface area contributed by atoms with E-state index in [-0.39, 0.29) is 6.01 Å². The molecule has 2 rings (SSSR count). The maximum atomic E-state index is 8.69. The molecular weight excluding hydrogens is 155 g/mol. The lowest BCUT2D eigenvalue weighted by Gasteiger charge is -1.90. The first-order valence-corrected chi connectivity index (χ1v) is 3.43. The van der Waals surface area contributed by atoms with E-state index in [1.165, 1.54) is 0 Å². The van der Waals surface area contributed by atoms with Crippen LogP contribution < -0.4 is 11.2 Å². The van der Waals surface area contributed by atoms with Gasteiger partial charge in [0.05, 0.1) is 0 Å². The highest BCUT2D eigenvalue weighted by atomic mass is 16.4. The highest BCUT2D eigenvalue weighted by Gasteiger charge is 2.02. The van der Waals surface area contributed by atoms with Gasteiger partial charge < -0.3 is 15.2 Å². The maximum Gasteiger partial charge on any atom is 0.326 e. The summed E-state index contributed by atoms with van der Waals surface area (Å²) in [6, 6.07) is 5.25. The lowest BCUT2D eigenvalue weighted by molar-refractivity contribution is 0.615. The SMILES string of the molecule is Nc1nc2cc([B]O)ccc2o1. The predicted octanol–water partition coefficient (Wildman–Crippen LogP) is -0.353. The largest absolute Gasteiger partial charge is 0.450 e. The molecule has 1 aromatic heterocycles. The topological polar surface area (TPSA) is 72.3 Å². The minimum absolute atomic E-state index is 0.139. The van der Waals surface area contributed by atoms with Crippen LogP contribution in [0.3, 0.4) is 0 Å². The summed E-state index contributed by atoms with van der Waals surface area (Å²) in [6.07, 6.45) is 0. The zero-order valence-corrected chi connectivity index (χ0v) is 6.19. The van der Waals surface area contributed by atoms with E-state index in [1.54, 1.807) is 18.2 Å². The van der Waals surface area contributed by atoms with Crippen molar-refractivity contribution in [3.63, 3.8) is 0 Å². The molecule has 0 saturated heterocycles. The van der Waals surface area contributed by atoms with Gasteiger partial charge in [-0.2, -0.15) is 4.98 Å². The number of nitrogen functional groups attached to an aromatic ring is 1. The average molecular weight is 161 g/mol. The number of benzene rings is 1. The summed E-state index contributed by atoms with van der Waals surface area (Å²) in [4.78, 5) is 3.90. The van der Waals surface area contributed by atoms with Crippen LogP contribution in [0, 0.1) is 0 Å². The molecule has 0 fully saturated rings. The highest BCUT2D eigenvalue weighted by molar-refractivity contribution is 6.45. The number of nitrogens with zero attached hydrogens (tertiary/aromatic N) is 1. The average Bonchev–Trinajstić information content (AvgIpc) is 2.43. The molecule has 3 N–H and O–H groups in total.